The number of thiazole rings is 1. The van der Waals surface area contributed by atoms with Gasteiger partial charge in [-0.15, -0.1) is 17.0 Å². The van der Waals surface area contributed by atoms with Crippen LogP contribution in [0, 0.1) is 0 Å². The van der Waals surface area contributed by atoms with Gasteiger partial charge in [-0.25, -0.2) is 13.4 Å². The Bertz CT molecular complexity index is 1190. The maximum absolute atomic E-state index is 12.7. The van der Waals surface area contributed by atoms with E-state index in [1.165, 1.54) is 53.3 Å². The predicted octanol–water partition coefficient (Wildman–Crippen LogP) is 3.62. The molecule has 2 aromatic carbocycles. The fourth-order valence-electron chi connectivity index (χ4n) is 3.44. The Morgan fingerprint density at radius 2 is 1.94 bits per heavy atom. The number of halogens is 1. The SMILES string of the molecule is O=C(Nc1nc(C[NH+]2CCCC2)cs1)c1cccc(S(=O)(=O)[N-]c2cccc(Cl)c2)c1. The summed E-state index contributed by atoms with van der Waals surface area (Å²) in [7, 11) is -4.00. The van der Waals surface area contributed by atoms with Crippen molar-refractivity contribution in [1.82, 2.24) is 4.98 Å². The minimum atomic E-state index is -4.00. The van der Waals surface area contributed by atoms with E-state index in [4.69, 9.17) is 11.6 Å². The molecule has 0 saturated carbocycles. The van der Waals surface area contributed by atoms with Crippen LogP contribution in [0.2, 0.25) is 5.02 Å². The van der Waals surface area contributed by atoms with E-state index >= 15 is 0 Å². The number of hydrogen-bond donors (Lipinski definition) is 2. The quantitative estimate of drug-likeness (QED) is 0.544. The molecule has 0 spiro atoms. The summed E-state index contributed by atoms with van der Waals surface area (Å²) in [4.78, 5) is 18.6. The molecule has 1 aromatic heterocycles. The number of sulfonamides is 1. The minimum Gasteiger partial charge on any atom is -0.573 e. The Morgan fingerprint density at radius 1 is 1.16 bits per heavy atom. The number of nitrogens with one attached hydrogen (secondary N) is 2. The highest BCUT2D eigenvalue weighted by molar-refractivity contribution is 7.94. The van der Waals surface area contributed by atoms with Crippen molar-refractivity contribution in [3.8, 4) is 0 Å². The molecule has 0 unspecified atom stereocenters. The average molecular weight is 477 g/mol. The number of carbonyl (C=O) groups excluding carboxylic acids is 1. The molecule has 0 atom stereocenters. The molecule has 0 bridgehead atoms. The zero-order chi connectivity index (χ0) is 21.8. The van der Waals surface area contributed by atoms with Gasteiger partial charge in [0, 0.05) is 28.8 Å². The van der Waals surface area contributed by atoms with Crippen molar-refractivity contribution in [1.29, 1.82) is 0 Å². The Kier molecular flexibility index (Phi) is 6.57. The Morgan fingerprint density at radius 3 is 2.71 bits per heavy atom. The highest BCUT2D eigenvalue weighted by Gasteiger charge is 2.18. The summed E-state index contributed by atoms with van der Waals surface area (Å²) in [5.74, 6) is -0.422. The molecule has 0 radical (unpaired) electrons. The summed E-state index contributed by atoms with van der Waals surface area (Å²) in [5, 5.41) is 5.59. The second-order valence-electron chi connectivity index (χ2n) is 7.31. The molecule has 1 aliphatic rings. The van der Waals surface area contributed by atoms with Crippen LogP contribution in [0.5, 0.6) is 0 Å². The van der Waals surface area contributed by atoms with Crippen molar-refractivity contribution >= 4 is 49.7 Å². The van der Waals surface area contributed by atoms with E-state index in [-0.39, 0.29) is 16.1 Å². The molecule has 4 rings (SSSR count). The van der Waals surface area contributed by atoms with Crippen molar-refractivity contribution in [2.45, 2.75) is 24.3 Å². The van der Waals surface area contributed by atoms with Crippen molar-refractivity contribution < 1.29 is 18.1 Å². The summed E-state index contributed by atoms with van der Waals surface area (Å²) in [6, 6.07) is 12.0. The third-order valence-electron chi connectivity index (χ3n) is 4.94. The van der Waals surface area contributed by atoms with Crippen molar-refractivity contribution in [2.75, 3.05) is 18.4 Å². The number of carbonyl (C=O) groups is 1. The van der Waals surface area contributed by atoms with Crippen molar-refractivity contribution in [2.24, 2.45) is 0 Å². The number of quaternary nitrogens is 1. The van der Waals surface area contributed by atoms with Crippen LogP contribution in [0.4, 0.5) is 10.8 Å². The smallest absolute Gasteiger partial charge is 0.257 e. The van der Waals surface area contributed by atoms with Gasteiger partial charge in [0.1, 0.15) is 22.3 Å². The number of hydrogen-bond acceptors (Lipinski definition) is 5. The van der Waals surface area contributed by atoms with Crippen LogP contribution in [0.3, 0.4) is 0 Å². The van der Waals surface area contributed by atoms with Gasteiger partial charge in [0.05, 0.1) is 18.0 Å². The van der Waals surface area contributed by atoms with Crippen LogP contribution in [0.25, 0.3) is 4.72 Å². The lowest BCUT2D eigenvalue weighted by Gasteiger charge is -2.22. The number of amides is 1. The molecular formula is C21H21ClN4O3S2. The van der Waals surface area contributed by atoms with Gasteiger partial charge in [-0.1, -0.05) is 35.9 Å². The highest BCUT2D eigenvalue weighted by Crippen LogP contribution is 2.30. The minimum absolute atomic E-state index is 0.0717. The van der Waals surface area contributed by atoms with E-state index in [1.54, 1.807) is 24.3 Å². The van der Waals surface area contributed by atoms with Crippen molar-refractivity contribution in [3.63, 3.8) is 0 Å². The first-order chi connectivity index (χ1) is 14.9. The molecular weight excluding hydrogens is 456 g/mol. The first kappa shape index (κ1) is 21.8. The molecule has 162 valence electrons. The first-order valence-electron chi connectivity index (χ1n) is 9.82. The summed E-state index contributed by atoms with van der Waals surface area (Å²) >= 11 is 7.26. The highest BCUT2D eigenvalue weighted by atomic mass is 35.5. The van der Waals surface area contributed by atoms with Crippen LogP contribution >= 0.6 is 22.9 Å². The van der Waals surface area contributed by atoms with E-state index in [0.29, 0.717) is 10.2 Å². The van der Waals surface area contributed by atoms with Gasteiger partial charge in [-0.3, -0.25) is 10.1 Å². The first-order valence-corrected chi connectivity index (χ1v) is 12.5. The van der Waals surface area contributed by atoms with Gasteiger partial charge in [0.2, 0.25) is 0 Å². The van der Waals surface area contributed by atoms with E-state index in [1.807, 2.05) is 5.38 Å². The molecule has 10 heteroatoms. The van der Waals surface area contributed by atoms with Crippen LogP contribution in [0.15, 0.2) is 58.8 Å². The van der Waals surface area contributed by atoms with Crippen LogP contribution in [-0.2, 0) is 16.6 Å². The lowest BCUT2D eigenvalue weighted by atomic mass is 10.2. The van der Waals surface area contributed by atoms with E-state index in [2.05, 4.69) is 15.0 Å². The lowest BCUT2D eigenvalue weighted by Crippen LogP contribution is -3.08. The van der Waals surface area contributed by atoms with Gasteiger partial charge in [-0.2, -0.15) is 0 Å². The zero-order valence-electron chi connectivity index (χ0n) is 16.5. The molecule has 0 aliphatic carbocycles. The molecule has 2 heterocycles. The number of nitrogens with zero attached hydrogens (tertiary/aromatic N) is 2. The number of rotatable bonds is 7. The average Bonchev–Trinajstić information content (AvgIpc) is 3.40. The maximum atomic E-state index is 12.7. The fraction of sp³-hybridized carbons (Fsp3) is 0.238. The number of likely N-dealkylation sites (tertiary alicyclic amines) is 1. The standard InChI is InChI=1S/C21H20ClN4O3S2/c22-16-6-4-7-17(12-16)25-31(28,29)19-8-3-5-15(11-19)20(27)24-21-23-18(14-30-21)13-26-9-1-2-10-26/h3-8,11-12,14H,1-2,9-10,13H2,(H,23,24,27)/q-1/p+1. The lowest BCUT2D eigenvalue weighted by molar-refractivity contribution is -0.901. The van der Waals surface area contributed by atoms with Crippen LogP contribution in [-0.4, -0.2) is 32.4 Å². The third kappa shape index (κ3) is 5.62. The van der Waals surface area contributed by atoms with Crippen molar-refractivity contribution in [3.05, 3.63) is 74.9 Å². The van der Waals surface area contributed by atoms with Gasteiger partial charge >= 0.3 is 0 Å². The monoisotopic (exact) mass is 476 g/mol. The number of benzene rings is 2. The van der Waals surface area contributed by atoms with Gasteiger partial charge < -0.3 is 9.62 Å². The van der Waals surface area contributed by atoms with E-state index in [0.717, 1.165) is 25.3 Å². The summed E-state index contributed by atoms with van der Waals surface area (Å²) in [6.07, 6.45) is 2.48. The molecule has 1 amide bonds. The maximum Gasteiger partial charge on any atom is 0.257 e. The second-order valence-corrected chi connectivity index (χ2v) is 10.2. The topological polar surface area (TPSA) is 94.7 Å². The zero-order valence-corrected chi connectivity index (χ0v) is 18.9. The molecule has 1 saturated heterocycles. The van der Waals surface area contributed by atoms with E-state index < -0.39 is 15.9 Å². The molecule has 31 heavy (non-hydrogen) atoms. The second kappa shape index (κ2) is 9.35. The number of aromatic nitrogens is 1. The largest absolute Gasteiger partial charge is 0.573 e. The molecule has 7 nitrogen and oxygen atoms in total. The van der Waals surface area contributed by atoms with Crippen LogP contribution in [0.1, 0.15) is 28.9 Å². The van der Waals surface area contributed by atoms with Gasteiger partial charge in [0.15, 0.2) is 5.13 Å². The summed E-state index contributed by atoms with van der Waals surface area (Å²) in [6.45, 7) is 3.16. The molecule has 2 N–H and O–H groups in total. The van der Waals surface area contributed by atoms with E-state index in [9.17, 15) is 13.2 Å². The fourth-order valence-corrected chi connectivity index (χ4v) is 5.36. The Hall–Kier alpha value is -2.46. The number of anilines is 1. The van der Waals surface area contributed by atoms with Crippen LogP contribution < -0.4 is 10.2 Å². The Balaban J connectivity index is 1.45. The predicted molar refractivity (Wildman–Crippen MR) is 122 cm³/mol. The van der Waals surface area contributed by atoms with Gasteiger partial charge in [0.25, 0.3) is 5.91 Å². The van der Waals surface area contributed by atoms with Gasteiger partial charge in [-0.05, 0) is 24.3 Å². The molecule has 1 aliphatic heterocycles. The normalized spacial score (nSPS) is 14.5. The Labute approximate surface area is 190 Å². The third-order valence-corrected chi connectivity index (χ3v) is 7.28. The molecule has 3 aromatic rings. The molecule has 1 fully saturated rings. The summed E-state index contributed by atoms with van der Waals surface area (Å²) < 4.78 is 29.1. The summed E-state index contributed by atoms with van der Waals surface area (Å²) in [5.41, 5.74) is 1.39.